The van der Waals surface area contributed by atoms with Crippen LogP contribution in [-0.2, 0) is 16.0 Å². The number of amides is 3. The summed E-state index contributed by atoms with van der Waals surface area (Å²) in [6.07, 6.45) is -1.41. The monoisotopic (exact) mass is 468 g/mol. The van der Waals surface area contributed by atoms with Crippen molar-refractivity contribution in [3.8, 4) is 0 Å². The van der Waals surface area contributed by atoms with E-state index in [2.05, 4.69) is 0 Å². The number of benzene rings is 2. The summed E-state index contributed by atoms with van der Waals surface area (Å²) in [5.41, 5.74) is 1.03. The van der Waals surface area contributed by atoms with E-state index in [1.807, 2.05) is 51.1 Å². The summed E-state index contributed by atoms with van der Waals surface area (Å²) in [6, 6.07) is 14.1. The number of rotatable bonds is 4. The lowest BCUT2D eigenvalue weighted by Crippen LogP contribution is -2.52. The molecule has 0 bridgehead atoms. The molecule has 2 aromatic rings. The van der Waals surface area contributed by atoms with Crippen molar-refractivity contribution in [2.45, 2.75) is 45.2 Å². The van der Waals surface area contributed by atoms with Gasteiger partial charge >= 0.3 is 12.2 Å². The molecule has 1 N–H and O–H groups in total. The molecule has 180 valence electrons. The van der Waals surface area contributed by atoms with Crippen LogP contribution in [0, 0.1) is 17.2 Å². The minimum atomic E-state index is -1.13. The fourth-order valence-electron chi connectivity index (χ4n) is 5.31. The summed E-state index contributed by atoms with van der Waals surface area (Å²) in [6.45, 7) is 5.79. The van der Waals surface area contributed by atoms with Gasteiger partial charge in [0, 0.05) is 12.5 Å². The fraction of sp³-hybridized carbons (Fsp3) is 0.423. The Morgan fingerprint density at radius 2 is 1.74 bits per heavy atom. The lowest BCUT2D eigenvalue weighted by Gasteiger charge is -2.38. The average Bonchev–Trinajstić information content (AvgIpc) is 3.36. The molecule has 1 unspecified atom stereocenters. The molecule has 0 aliphatic carbocycles. The zero-order valence-corrected chi connectivity index (χ0v) is 19.5. The number of hydrogen-bond donors (Lipinski definition) is 1. The maximum Gasteiger partial charge on any atom is 0.416 e. The number of ether oxygens (including phenoxy) is 1. The predicted molar refractivity (Wildman–Crippen MR) is 123 cm³/mol. The van der Waals surface area contributed by atoms with Gasteiger partial charge in [-0.05, 0) is 35.1 Å². The highest BCUT2D eigenvalue weighted by molar-refractivity contribution is 5.96. The number of carbonyl (C=O) groups is 3. The number of likely N-dealkylation sites (tertiary alicyclic amines) is 1. The standard InChI is InChI=1S/C26H29FN2O5/c1-26(2,3)22-21(20(14-28(22)24(31)32)17-9-11-18(27)12-10-17)23(30)29-19(15-34-25(29)33)13-16-7-5-4-6-8-16/h4-12,19-22H,13-15H2,1-3H3,(H,31,32)/t19-,20+,21+,22?/m1/s1. The van der Waals surface area contributed by atoms with Gasteiger partial charge in [-0.25, -0.2) is 18.9 Å². The first-order valence-electron chi connectivity index (χ1n) is 11.4. The van der Waals surface area contributed by atoms with Gasteiger partial charge in [-0.1, -0.05) is 63.2 Å². The van der Waals surface area contributed by atoms with Crippen molar-refractivity contribution in [3.05, 3.63) is 71.5 Å². The molecular weight excluding hydrogens is 439 g/mol. The molecule has 3 amide bonds. The second-order valence-corrected chi connectivity index (χ2v) is 10.1. The Balaban J connectivity index is 1.74. The highest BCUT2D eigenvalue weighted by Gasteiger charge is 2.56. The van der Waals surface area contributed by atoms with E-state index in [1.54, 1.807) is 12.1 Å². The van der Waals surface area contributed by atoms with Crippen LogP contribution in [0.25, 0.3) is 0 Å². The molecule has 34 heavy (non-hydrogen) atoms. The second-order valence-electron chi connectivity index (χ2n) is 10.1. The SMILES string of the molecule is CC(C)(C)C1[C@@H](C(=O)N2C(=O)OC[C@H]2Cc2ccccc2)[C@H](c2ccc(F)cc2)CN1C(=O)O. The van der Waals surface area contributed by atoms with Crippen molar-refractivity contribution in [2.24, 2.45) is 11.3 Å². The molecule has 8 heteroatoms. The summed E-state index contributed by atoms with van der Waals surface area (Å²) >= 11 is 0. The van der Waals surface area contributed by atoms with E-state index >= 15 is 0 Å². The smallest absolute Gasteiger partial charge is 0.416 e. The Kier molecular flexibility index (Phi) is 6.34. The van der Waals surface area contributed by atoms with Gasteiger partial charge in [0.15, 0.2) is 0 Å². The van der Waals surface area contributed by atoms with Crippen LogP contribution in [0.5, 0.6) is 0 Å². The van der Waals surface area contributed by atoms with E-state index in [9.17, 15) is 23.9 Å². The minimum Gasteiger partial charge on any atom is -0.465 e. The Hall–Kier alpha value is -3.42. The van der Waals surface area contributed by atoms with Crippen molar-refractivity contribution in [1.29, 1.82) is 0 Å². The van der Waals surface area contributed by atoms with Gasteiger partial charge in [-0.15, -0.1) is 0 Å². The molecule has 4 atom stereocenters. The molecule has 0 aromatic heterocycles. The predicted octanol–water partition coefficient (Wildman–Crippen LogP) is 4.52. The molecule has 2 fully saturated rings. The Morgan fingerprint density at radius 3 is 2.32 bits per heavy atom. The Morgan fingerprint density at radius 1 is 1.09 bits per heavy atom. The number of hydrogen-bond acceptors (Lipinski definition) is 4. The highest BCUT2D eigenvalue weighted by atomic mass is 19.1. The molecule has 0 saturated carbocycles. The Labute approximate surface area is 198 Å². The van der Waals surface area contributed by atoms with E-state index in [0.29, 0.717) is 12.0 Å². The van der Waals surface area contributed by atoms with E-state index in [-0.39, 0.29) is 13.2 Å². The van der Waals surface area contributed by atoms with Gasteiger partial charge in [0.25, 0.3) is 0 Å². The van der Waals surface area contributed by atoms with E-state index < -0.39 is 53.2 Å². The highest BCUT2D eigenvalue weighted by Crippen LogP contribution is 2.46. The summed E-state index contributed by atoms with van der Waals surface area (Å²) < 4.78 is 18.9. The van der Waals surface area contributed by atoms with E-state index in [1.165, 1.54) is 17.0 Å². The van der Waals surface area contributed by atoms with Crippen LogP contribution < -0.4 is 0 Å². The molecule has 2 heterocycles. The van der Waals surface area contributed by atoms with Crippen LogP contribution in [-0.4, -0.2) is 58.2 Å². The molecule has 7 nitrogen and oxygen atoms in total. The van der Waals surface area contributed by atoms with Crippen LogP contribution in [0.15, 0.2) is 54.6 Å². The normalized spacial score (nSPS) is 24.9. The van der Waals surface area contributed by atoms with Gasteiger partial charge in [0.05, 0.1) is 18.0 Å². The van der Waals surface area contributed by atoms with Gasteiger partial charge in [-0.3, -0.25) is 4.79 Å². The summed E-state index contributed by atoms with van der Waals surface area (Å²) in [5, 5.41) is 9.97. The summed E-state index contributed by atoms with van der Waals surface area (Å²) in [4.78, 5) is 41.4. The molecule has 4 rings (SSSR count). The maximum absolute atomic E-state index is 14.1. The number of carbonyl (C=O) groups excluding carboxylic acids is 2. The lowest BCUT2D eigenvalue weighted by molar-refractivity contribution is -0.135. The molecule has 0 radical (unpaired) electrons. The van der Waals surface area contributed by atoms with Gasteiger partial charge in [0.1, 0.15) is 12.4 Å². The van der Waals surface area contributed by atoms with Crippen LogP contribution in [0.3, 0.4) is 0 Å². The molecule has 0 spiro atoms. The van der Waals surface area contributed by atoms with Crippen molar-refractivity contribution >= 4 is 18.1 Å². The molecule has 2 aromatic carbocycles. The summed E-state index contributed by atoms with van der Waals surface area (Å²) in [7, 11) is 0. The lowest BCUT2D eigenvalue weighted by atomic mass is 9.74. The molecule has 2 aliphatic rings. The fourth-order valence-corrected chi connectivity index (χ4v) is 5.31. The van der Waals surface area contributed by atoms with Crippen molar-refractivity contribution in [1.82, 2.24) is 9.80 Å². The third-order valence-corrected chi connectivity index (χ3v) is 6.73. The average molecular weight is 469 g/mol. The van der Waals surface area contributed by atoms with E-state index in [0.717, 1.165) is 10.5 Å². The Bertz CT molecular complexity index is 1070. The van der Waals surface area contributed by atoms with Crippen LogP contribution in [0.4, 0.5) is 14.0 Å². The summed E-state index contributed by atoms with van der Waals surface area (Å²) in [5.74, 6) is -2.23. The van der Waals surface area contributed by atoms with Crippen LogP contribution in [0.2, 0.25) is 0 Å². The largest absolute Gasteiger partial charge is 0.465 e. The third kappa shape index (κ3) is 4.49. The number of imide groups is 1. The van der Waals surface area contributed by atoms with Crippen molar-refractivity contribution in [3.63, 3.8) is 0 Å². The first-order chi connectivity index (χ1) is 16.1. The first kappa shape index (κ1) is 23.7. The molecule has 2 aliphatic heterocycles. The second kappa shape index (κ2) is 9.08. The zero-order valence-electron chi connectivity index (χ0n) is 19.5. The van der Waals surface area contributed by atoms with Gasteiger partial charge < -0.3 is 14.7 Å². The quantitative estimate of drug-likeness (QED) is 0.713. The number of carboxylic acid groups (broad SMARTS) is 1. The number of nitrogens with zero attached hydrogens (tertiary/aromatic N) is 2. The first-order valence-corrected chi connectivity index (χ1v) is 11.4. The van der Waals surface area contributed by atoms with Gasteiger partial charge in [0.2, 0.25) is 5.91 Å². The van der Waals surface area contributed by atoms with Crippen molar-refractivity contribution < 1.29 is 28.6 Å². The zero-order chi connectivity index (χ0) is 24.6. The van der Waals surface area contributed by atoms with Gasteiger partial charge in [-0.2, -0.15) is 0 Å². The third-order valence-electron chi connectivity index (χ3n) is 6.73. The van der Waals surface area contributed by atoms with Crippen LogP contribution >= 0.6 is 0 Å². The number of halogens is 1. The minimum absolute atomic E-state index is 0.0749. The van der Waals surface area contributed by atoms with Crippen molar-refractivity contribution in [2.75, 3.05) is 13.2 Å². The maximum atomic E-state index is 14.1. The molecule has 2 saturated heterocycles. The van der Waals surface area contributed by atoms with E-state index in [4.69, 9.17) is 4.74 Å². The molecular formula is C26H29FN2O5. The van der Waals surface area contributed by atoms with Crippen LogP contribution in [0.1, 0.15) is 37.8 Å². The number of cyclic esters (lactones) is 1. The topological polar surface area (TPSA) is 87.2 Å².